The van der Waals surface area contributed by atoms with Crippen molar-refractivity contribution >= 4 is 21.9 Å². The Morgan fingerprint density at radius 3 is 2.44 bits per heavy atom. The molecule has 0 saturated carbocycles. The van der Waals surface area contributed by atoms with E-state index in [9.17, 15) is 9.90 Å². The SMILES string of the molecule is COc1cc(Br)c(OC)c(C(O)C(=O)O)c1. The van der Waals surface area contributed by atoms with Crippen LogP contribution >= 0.6 is 15.9 Å². The summed E-state index contributed by atoms with van der Waals surface area (Å²) in [4.78, 5) is 10.7. The van der Waals surface area contributed by atoms with Crippen LogP contribution in [0.5, 0.6) is 11.5 Å². The van der Waals surface area contributed by atoms with Gasteiger partial charge in [-0.25, -0.2) is 4.79 Å². The van der Waals surface area contributed by atoms with Gasteiger partial charge in [-0.3, -0.25) is 0 Å². The zero-order valence-corrected chi connectivity index (χ0v) is 10.3. The number of carbonyl (C=O) groups is 1. The fourth-order valence-electron chi connectivity index (χ4n) is 1.26. The van der Waals surface area contributed by atoms with Crippen molar-refractivity contribution in [2.24, 2.45) is 0 Å². The lowest BCUT2D eigenvalue weighted by Gasteiger charge is -2.14. The molecule has 16 heavy (non-hydrogen) atoms. The third kappa shape index (κ3) is 2.45. The van der Waals surface area contributed by atoms with Crippen LogP contribution in [0.3, 0.4) is 0 Å². The van der Waals surface area contributed by atoms with Crippen LogP contribution in [0.25, 0.3) is 0 Å². The molecule has 1 aromatic carbocycles. The zero-order valence-electron chi connectivity index (χ0n) is 8.73. The van der Waals surface area contributed by atoms with Crippen molar-refractivity contribution < 1.29 is 24.5 Å². The Hall–Kier alpha value is -1.27. The number of aliphatic hydroxyl groups excluding tert-OH is 1. The Labute approximate surface area is 101 Å². The number of carboxylic acids is 1. The van der Waals surface area contributed by atoms with Crippen molar-refractivity contribution in [3.05, 3.63) is 22.2 Å². The van der Waals surface area contributed by atoms with Crippen LogP contribution < -0.4 is 9.47 Å². The van der Waals surface area contributed by atoms with E-state index in [1.807, 2.05) is 0 Å². The predicted molar refractivity (Wildman–Crippen MR) is 59.8 cm³/mol. The molecule has 0 amide bonds. The van der Waals surface area contributed by atoms with Gasteiger partial charge in [0.1, 0.15) is 11.5 Å². The molecule has 1 atom stereocenters. The summed E-state index contributed by atoms with van der Waals surface area (Å²) in [6.45, 7) is 0. The number of aliphatic hydroxyl groups is 1. The molecule has 0 aromatic heterocycles. The molecule has 0 aliphatic rings. The van der Waals surface area contributed by atoms with Crippen molar-refractivity contribution in [3.8, 4) is 11.5 Å². The minimum Gasteiger partial charge on any atom is -0.497 e. The van der Waals surface area contributed by atoms with Crippen LogP contribution in [-0.2, 0) is 4.79 Å². The Balaban J connectivity index is 3.33. The number of hydrogen-bond donors (Lipinski definition) is 2. The molecule has 0 bridgehead atoms. The topological polar surface area (TPSA) is 76.0 Å². The van der Waals surface area contributed by atoms with Gasteiger partial charge < -0.3 is 19.7 Å². The Bertz CT molecular complexity index is 404. The summed E-state index contributed by atoms with van der Waals surface area (Å²) in [5.41, 5.74) is 0.140. The van der Waals surface area contributed by atoms with Crippen molar-refractivity contribution in [1.82, 2.24) is 0 Å². The summed E-state index contributed by atoms with van der Waals surface area (Å²) in [6, 6.07) is 3.04. The molecule has 2 N–H and O–H groups in total. The molecule has 1 unspecified atom stereocenters. The van der Waals surface area contributed by atoms with Crippen LogP contribution in [0.1, 0.15) is 11.7 Å². The molecule has 1 aromatic rings. The number of methoxy groups -OCH3 is 2. The Kier molecular flexibility index (Phi) is 4.14. The van der Waals surface area contributed by atoms with E-state index >= 15 is 0 Å². The molecule has 88 valence electrons. The van der Waals surface area contributed by atoms with Crippen LogP contribution in [0, 0.1) is 0 Å². The van der Waals surface area contributed by atoms with Crippen molar-refractivity contribution in [2.45, 2.75) is 6.10 Å². The van der Waals surface area contributed by atoms with Gasteiger partial charge in [0.15, 0.2) is 6.10 Å². The highest BCUT2D eigenvalue weighted by Crippen LogP contribution is 2.36. The molecular weight excluding hydrogens is 280 g/mol. The minimum atomic E-state index is -1.65. The highest BCUT2D eigenvalue weighted by molar-refractivity contribution is 9.10. The zero-order chi connectivity index (χ0) is 12.3. The van der Waals surface area contributed by atoms with Gasteiger partial charge in [-0.2, -0.15) is 0 Å². The number of halogens is 1. The molecule has 6 heteroatoms. The number of rotatable bonds is 4. The Morgan fingerprint density at radius 2 is 2.00 bits per heavy atom. The fourth-order valence-corrected chi connectivity index (χ4v) is 1.87. The predicted octanol–water partition coefficient (Wildman–Crippen LogP) is 1.58. The monoisotopic (exact) mass is 290 g/mol. The molecule has 0 radical (unpaired) electrons. The number of benzene rings is 1. The highest BCUT2D eigenvalue weighted by atomic mass is 79.9. The molecule has 5 nitrogen and oxygen atoms in total. The highest BCUT2D eigenvalue weighted by Gasteiger charge is 2.23. The molecular formula is C10H11BrO5. The first-order valence-corrected chi connectivity index (χ1v) is 5.12. The van der Waals surface area contributed by atoms with Gasteiger partial charge in [0.25, 0.3) is 0 Å². The second-order valence-electron chi connectivity index (χ2n) is 2.97. The first-order chi connectivity index (χ1) is 7.51. The minimum absolute atomic E-state index is 0.140. The molecule has 0 aliphatic heterocycles. The van der Waals surface area contributed by atoms with Gasteiger partial charge in [-0.15, -0.1) is 0 Å². The van der Waals surface area contributed by atoms with E-state index in [0.717, 1.165) is 0 Å². The van der Waals surface area contributed by atoms with Crippen LogP contribution in [0.15, 0.2) is 16.6 Å². The number of ether oxygens (including phenoxy) is 2. The van der Waals surface area contributed by atoms with E-state index in [2.05, 4.69) is 15.9 Å². The van der Waals surface area contributed by atoms with E-state index in [4.69, 9.17) is 14.6 Å². The smallest absolute Gasteiger partial charge is 0.337 e. The van der Waals surface area contributed by atoms with E-state index in [0.29, 0.717) is 10.2 Å². The Morgan fingerprint density at radius 1 is 1.38 bits per heavy atom. The van der Waals surface area contributed by atoms with Crippen LogP contribution in [0.2, 0.25) is 0 Å². The maximum Gasteiger partial charge on any atom is 0.337 e. The summed E-state index contributed by atoms with van der Waals surface area (Å²) in [6.07, 6.45) is -1.65. The van der Waals surface area contributed by atoms with Crippen LogP contribution in [-0.4, -0.2) is 30.4 Å². The van der Waals surface area contributed by atoms with Crippen molar-refractivity contribution in [1.29, 1.82) is 0 Å². The van der Waals surface area contributed by atoms with Gasteiger partial charge in [-0.05, 0) is 28.1 Å². The largest absolute Gasteiger partial charge is 0.497 e. The van der Waals surface area contributed by atoms with Crippen molar-refractivity contribution in [2.75, 3.05) is 14.2 Å². The number of carboxylic acid groups (broad SMARTS) is 1. The average Bonchev–Trinajstić information content (AvgIpc) is 2.26. The van der Waals surface area contributed by atoms with Crippen molar-refractivity contribution in [3.63, 3.8) is 0 Å². The molecule has 1 rings (SSSR count). The molecule has 0 fully saturated rings. The maximum absolute atomic E-state index is 10.7. The quantitative estimate of drug-likeness (QED) is 0.881. The lowest BCUT2D eigenvalue weighted by molar-refractivity contribution is -0.147. The average molecular weight is 291 g/mol. The summed E-state index contributed by atoms with van der Waals surface area (Å²) in [7, 11) is 2.84. The second kappa shape index (κ2) is 5.18. The van der Waals surface area contributed by atoms with Gasteiger partial charge in [0.05, 0.1) is 18.7 Å². The molecule has 0 saturated heterocycles. The normalized spacial score (nSPS) is 12.0. The van der Waals surface area contributed by atoms with E-state index in [1.165, 1.54) is 20.3 Å². The molecule has 0 aliphatic carbocycles. The number of aliphatic carboxylic acids is 1. The second-order valence-corrected chi connectivity index (χ2v) is 3.83. The third-order valence-electron chi connectivity index (χ3n) is 2.01. The fraction of sp³-hybridized carbons (Fsp3) is 0.300. The first-order valence-electron chi connectivity index (χ1n) is 4.33. The summed E-state index contributed by atoms with van der Waals surface area (Å²) < 4.78 is 10.5. The first kappa shape index (κ1) is 12.8. The van der Waals surface area contributed by atoms with E-state index in [-0.39, 0.29) is 11.3 Å². The summed E-state index contributed by atoms with van der Waals surface area (Å²) >= 11 is 3.21. The molecule has 0 spiro atoms. The standard InChI is InChI=1S/C10H11BrO5/c1-15-5-3-6(8(12)10(13)14)9(16-2)7(11)4-5/h3-4,8,12H,1-2H3,(H,13,14). The van der Waals surface area contributed by atoms with Crippen LogP contribution in [0.4, 0.5) is 0 Å². The maximum atomic E-state index is 10.7. The summed E-state index contributed by atoms with van der Waals surface area (Å²) in [5, 5.41) is 18.2. The van der Waals surface area contributed by atoms with E-state index < -0.39 is 12.1 Å². The van der Waals surface area contributed by atoms with Gasteiger partial charge in [-0.1, -0.05) is 0 Å². The molecule has 0 heterocycles. The lowest BCUT2D eigenvalue weighted by atomic mass is 10.1. The summed E-state index contributed by atoms with van der Waals surface area (Å²) in [5.74, 6) is -0.642. The van der Waals surface area contributed by atoms with Gasteiger partial charge in [0, 0.05) is 5.56 Å². The van der Waals surface area contributed by atoms with Gasteiger partial charge in [0.2, 0.25) is 0 Å². The lowest BCUT2D eigenvalue weighted by Crippen LogP contribution is -2.12. The van der Waals surface area contributed by atoms with Gasteiger partial charge >= 0.3 is 5.97 Å². The third-order valence-corrected chi connectivity index (χ3v) is 2.60. The number of hydrogen-bond acceptors (Lipinski definition) is 4. The van der Waals surface area contributed by atoms with E-state index in [1.54, 1.807) is 6.07 Å².